The van der Waals surface area contributed by atoms with Crippen molar-refractivity contribution < 1.29 is 18.7 Å². The molecule has 3 aromatic carbocycles. The van der Waals surface area contributed by atoms with Gasteiger partial charge in [0.2, 0.25) is 0 Å². The zero-order valence-electron chi connectivity index (χ0n) is 22.8. The van der Waals surface area contributed by atoms with Crippen molar-refractivity contribution in [3.63, 3.8) is 0 Å². The van der Waals surface area contributed by atoms with E-state index in [1.54, 1.807) is 28.8 Å². The summed E-state index contributed by atoms with van der Waals surface area (Å²) in [4.78, 5) is 17.5. The number of carbonyl (C=O) groups excluding carboxylic acids is 1. The molecular formula is C31H33BrClFN2O3S. The van der Waals surface area contributed by atoms with Gasteiger partial charge in [-0.2, -0.15) is 0 Å². The van der Waals surface area contributed by atoms with Crippen LogP contribution in [-0.2, 0) is 16.9 Å². The molecule has 0 saturated carbocycles. The molecule has 1 amide bonds. The second-order valence-corrected chi connectivity index (χ2v) is 13.5. The van der Waals surface area contributed by atoms with Gasteiger partial charge in [-0.05, 0) is 74.2 Å². The number of hydrogen-bond donors (Lipinski definition) is 0. The molecule has 0 N–H and O–H groups in total. The summed E-state index contributed by atoms with van der Waals surface area (Å²) in [7, 11) is 0. The highest BCUT2D eigenvalue weighted by Crippen LogP contribution is 2.43. The summed E-state index contributed by atoms with van der Waals surface area (Å²) in [5, 5.41) is 0.600. The summed E-state index contributed by atoms with van der Waals surface area (Å²) in [5.41, 5.74) is 2.73. The molecule has 0 aromatic heterocycles. The summed E-state index contributed by atoms with van der Waals surface area (Å²) < 4.78 is 28.3. The minimum atomic E-state index is -0.536. The van der Waals surface area contributed by atoms with Crippen LogP contribution >= 0.6 is 39.3 Å². The van der Waals surface area contributed by atoms with E-state index in [-0.39, 0.29) is 23.7 Å². The molecule has 5 rings (SSSR count). The summed E-state index contributed by atoms with van der Waals surface area (Å²) in [6.45, 7) is 8.05. The Morgan fingerprint density at radius 3 is 2.48 bits per heavy atom. The summed E-state index contributed by atoms with van der Waals surface area (Å²) in [6, 6.07) is 19.1. The number of nitrogens with zero attached hydrogens (tertiary/aromatic N) is 2. The van der Waals surface area contributed by atoms with Crippen LogP contribution in [0.15, 0.2) is 70.0 Å². The molecule has 1 saturated heterocycles. The highest BCUT2D eigenvalue weighted by Gasteiger charge is 2.41. The van der Waals surface area contributed by atoms with Crippen LogP contribution in [-0.4, -0.2) is 53.7 Å². The standard InChI is InChI=1S/C31H33BrClFN2O3S/c1-31(2,3)39-30(37)36-13-11-35(12-14-36)27-18-23-24(15-21(33)16-25(23)32)29(27)38-28-10-9-22(17-26(28)34)40-19-20-7-5-4-6-8-20/h4-10,15-17,27,29H,11-14,18-19H2,1-3H3/t27-,29-/m0/s1. The monoisotopic (exact) mass is 646 g/mol. The third kappa shape index (κ3) is 6.96. The van der Waals surface area contributed by atoms with Gasteiger partial charge in [0.1, 0.15) is 11.7 Å². The molecule has 0 spiro atoms. The first kappa shape index (κ1) is 29.2. The van der Waals surface area contributed by atoms with E-state index in [4.69, 9.17) is 21.1 Å². The van der Waals surface area contributed by atoms with Gasteiger partial charge < -0.3 is 14.4 Å². The number of carbonyl (C=O) groups is 1. The topological polar surface area (TPSA) is 42.0 Å². The molecule has 2 aliphatic rings. The molecule has 40 heavy (non-hydrogen) atoms. The normalized spacial score (nSPS) is 19.4. The molecule has 0 radical (unpaired) electrons. The maximum atomic E-state index is 15.4. The zero-order chi connectivity index (χ0) is 28.4. The average Bonchev–Trinajstić information content (AvgIpc) is 3.27. The Kier molecular flexibility index (Phi) is 9.00. The lowest BCUT2D eigenvalue weighted by Crippen LogP contribution is -2.54. The molecule has 5 nitrogen and oxygen atoms in total. The predicted octanol–water partition coefficient (Wildman–Crippen LogP) is 8.13. The number of amides is 1. The molecule has 1 fully saturated rings. The van der Waals surface area contributed by atoms with Crippen LogP contribution in [0.2, 0.25) is 5.02 Å². The molecule has 212 valence electrons. The predicted molar refractivity (Wildman–Crippen MR) is 162 cm³/mol. The molecule has 3 aromatic rings. The Morgan fingerprint density at radius 2 is 1.80 bits per heavy atom. The first-order valence-electron chi connectivity index (χ1n) is 13.4. The molecule has 1 aliphatic heterocycles. The average molecular weight is 648 g/mol. The number of fused-ring (bicyclic) bond motifs is 1. The maximum Gasteiger partial charge on any atom is 0.410 e. The van der Waals surface area contributed by atoms with Crippen molar-refractivity contribution in [2.45, 2.75) is 55.6 Å². The molecule has 2 atom stereocenters. The Balaban J connectivity index is 1.32. The number of benzene rings is 3. The number of halogens is 3. The minimum absolute atomic E-state index is 0.0305. The molecule has 0 unspecified atom stereocenters. The first-order valence-corrected chi connectivity index (χ1v) is 15.6. The van der Waals surface area contributed by atoms with Crippen LogP contribution in [0.1, 0.15) is 43.6 Å². The number of hydrogen-bond acceptors (Lipinski definition) is 5. The molecular weight excluding hydrogens is 615 g/mol. The van der Waals surface area contributed by atoms with Crippen LogP contribution in [0, 0.1) is 5.82 Å². The fraction of sp³-hybridized carbons (Fsp3) is 0.387. The Labute approximate surface area is 253 Å². The second kappa shape index (κ2) is 12.3. The summed E-state index contributed by atoms with van der Waals surface area (Å²) in [6.07, 6.45) is 0.0310. The highest BCUT2D eigenvalue weighted by atomic mass is 79.9. The number of rotatable bonds is 6. The summed E-state index contributed by atoms with van der Waals surface area (Å²) >= 11 is 11.7. The Hall–Kier alpha value is -2.26. The van der Waals surface area contributed by atoms with E-state index >= 15 is 4.39 Å². The smallest absolute Gasteiger partial charge is 0.410 e. The largest absolute Gasteiger partial charge is 0.481 e. The molecule has 9 heteroatoms. The van der Waals surface area contributed by atoms with Gasteiger partial charge in [0.15, 0.2) is 11.6 Å². The van der Waals surface area contributed by atoms with E-state index in [1.165, 1.54) is 5.56 Å². The SMILES string of the molecule is CC(C)(C)OC(=O)N1CCN([C@H]2Cc3c(Br)cc(Cl)cc3[C@@H]2Oc2ccc(SCc3ccccc3)cc2F)CC1. The zero-order valence-corrected chi connectivity index (χ0v) is 26.0. The van der Waals surface area contributed by atoms with Crippen LogP contribution < -0.4 is 4.74 Å². The van der Waals surface area contributed by atoms with Gasteiger partial charge in [-0.1, -0.05) is 57.9 Å². The van der Waals surface area contributed by atoms with Gasteiger partial charge in [0, 0.05) is 46.3 Å². The molecule has 0 bridgehead atoms. The van der Waals surface area contributed by atoms with E-state index in [2.05, 4.69) is 33.0 Å². The van der Waals surface area contributed by atoms with Gasteiger partial charge in [-0.25, -0.2) is 9.18 Å². The van der Waals surface area contributed by atoms with Crippen LogP contribution in [0.3, 0.4) is 0 Å². The van der Waals surface area contributed by atoms with Gasteiger partial charge >= 0.3 is 6.09 Å². The van der Waals surface area contributed by atoms with E-state index in [9.17, 15) is 4.79 Å². The van der Waals surface area contributed by atoms with Crippen molar-refractivity contribution in [2.24, 2.45) is 0 Å². The van der Waals surface area contributed by atoms with Crippen LogP contribution in [0.4, 0.5) is 9.18 Å². The van der Waals surface area contributed by atoms with E-state index in [0.29, 0.717) is 31.2 Å². The second-order valence-electron chi connectivity index (χ2n) is 11.1. The van der Waals surface area contributed by atoms with Crippen molar-refractivity contribution in [3.05, 3.63) is 92.7 Å². The van der Waals surface area contributed by atoms with Crippen molar-refractivity contribution in [2.75, 3.05) is 26.2 Å². The number of ether oxygens (including phenoxy) is 2. The third-order valence-electron chi connectivity index (χ3n) is 7.10. The van der Waals surface area contributed by atoms with Crippen LogP contribution in [0.25, 0.3) is 0 Å². The summed E-state index contributed by atoms with van der Waals surface area (Å²) in [5.74, 6) is 0.594. The van der Waals surface area contributed by atoms with E-state index < -0.39 is 11.7 Å². The number of piperazine rings is 1. The number of thioether (sulfide) groups is 1. The lowest BCUT2D eigenvalue weighted by molar-refractivity contribution is 0.00103. The highest BCUT2D eigenvalue weighted by molar-refractivity contribution is 9.10. The van der Waals surface area contributed by atoms with Crippen molar-refractivity contribution in [1.82, 2.24) is 9.80 Å². The minimum Gasteiger partial charge on any atom is -0.481 e. The third-order valence-corrected chi connectivity index (χ3v) is 9.10. The maximum absolute atomic E-state index is 15.4. The van der Waals surface area contributed by atoms with Gasteiger partial charge in [0.05, 0.1) is 6.04 Å². The fourth-order valence-electron chi connectivity index (χ4n) is 5.19. The first-order chi connectivity index (χ1) is 19.1. The van der Waals surface area contributed by atoms with Crippen molar-refractivity contribution in [1.29, 1.82) is 0 Å². The molecule has 1 heterocycles. The van der Waals surface area contributed by atoms with Gasteiger partial charge in [0.25, 0.3) is 0 Å². The molecule has 1 aliphatic carbocycles. The van der Waals surface area contributed by atoms with E-state index in [1.807, 2.05) is 57.2 Å². The quantitative estimate of drug-likeness (QED) is 0.253. The lowest BCUT2D eigenvalue weighted by atomic mass is 10.1. The fourth-order valence-corrected chi connectivity index (χ4v) is 7.06. The van der Waals surface area contributed by atoms with Gasteiger partial charge in [-0.3, -0.25) is 4.90 Å². The van der Waals surface area contributed by atoms with E-state index in [0.717, 1.165) is 32.7 Å². The van der Waals surface area contributed by atoms with Crippen LogP contribution in [0.5, 0.6) is 5.75 Å². The Morgan fingerprint density at radius 1 is 1.07 bits per heavy atom. The van der Waals surface area contributed by atoms with Gasteiger partial charge in [-0.15, -0.1) is 11.8 Å². The lowest BCUT2D eigenvalue weighted by Gasteiger charge is -2.40. The Bertz CT molecular complexity index is 1360. The van der Waals surface area contributed by atoms with Crippen molar-refractivity contribution >= 4 is 45.4 Å². The van der Waals surface area contributed by atoms with Crippen molar-refractivity contribution in [3.8, 4) is 5.75 Å².